The van der Waals surface area contributed by atoms with Gasteiger partial charge in [-0.05, 0) is 25.7 Å². The van der Waals surface area contributed by atoms with Gasteiger partial charge in [-0.25, -0.2) is 0 Å². The van der Waals surface area contributed by atoms with E-state index >= 15 is 0 Å². The van der Waals surface area contributed by atoms with Crippen LogP contribution in [0.25, 0.3) is 0 Å². The van der Waals surface area contributed by atoms with Crippen molar-refractivity contribution >= 4 is 5.84 Å². The predicted octanol–water partition coefficient (Wildman–Crippen LogP) is 3.81. The number of nitrogens with one attached hydrogen (secondary N) is 1. The van der Waals surface area contributed by atoms with E-state index in [9.17, 15) is 0 Å². The van der Waals surface area contributed by atoms with E-state index in [2.05, 4.69) is 11.9 Å². The molecule has 0 heterocycles. The van der Waals surface area contributed by atoms with Crippen LogP contribution in [0, 0.1) is 11.3 Å². The van der Waals surface area contributed by atoms with Crippen LogP contribution in [0.15, 0.2) is 0 Å². The van der Waals surface area contributed by atoms with Crippen LogP contribution in [-0.2, 0) is 0 Å². The lowest BCUT2D eigenvalue weighted by molar-refractivity contribution is 0.259. The summed E-state index contributed by atoms with van der Waals surface area (Å²) in [5.41, 5.74) is 0. The van der Waals surface area contributed by atoms with Crippen LogP contribution in [0.2, 0.25) is 0 Å². The Morgan fingerprint density at radius 1 is 0.875 bits per heavy atom. The summed E-state index contributed by atoms with van der Waals surface area (Å²) >= 11 is 0. The highest BCUT2D eigenvalue weighted by Gasteiger charge is 2.25. The molecule has 2 saturated carbocycles. The second-order valence-electron chi connectivity index (χ2n) is 5.62. The zero-order chi connectivity index (χ0) is 11.4. The van der Waals surface area contributed by atoms with Crippen LogP contribution in [0.3, 0.4) is 0 Å². The van der Waals surface area contributed by atoms with Crippen molar-refractivity contribution in [3.05, 3.63) is 0 Å². The molecule has 0 aliphatic heterocycles. The summed E-state index contributed by atoms with van der Waals surface area (Å²) in [6.07, 6.45) is 13.3. The Bertz CT molecular complexity index is 225. The Kier molecular flexibility index (Phi) is 4.25. The van der Waals surface area contributed by atoms with Gasteiger partial charge in [0.2, 0.25) is 0 Å². The molecular formula is C14H26N2. The van der Waals surface area contributed by atoms with Gasteiger partial charge < -0.3 is 4.90 Å². The highest BCUT2D eigenvalue weighted by atomic mass is 15.2. The van der Waals surface area contributed by atoms with Crippen molar-refractivity contribution in [2.75, 3.05) is 7.05 Å². The molecule has 0 amide bonds. The summed E-state index contributed by atoms with van der Waals surface area (Å²) in [6, 6.07) is 0.670. The van der Waals surface area contributed by atoms with Crippen molar-refractivity contribution in [3.8, 4) is 0 Å². The molecule has 2 rings (SSSR count). The number of hydrogen-bond acceptors (Lipinski definition) is 1. The van der Waals surface area contributed by atoms with E-state index in [1.807, 2.05) is 0 Å². The molecule has 0 aromatic rings. The highest BCUT2D eigenvalue weighted by Crippen LogP contribution is 2.28. The molecule has 0 spiro atoms. The Hall–Kier alpha value is -0.530. The largest absolute Gasteiger partial charge is 0.360 e. The van der Waals surface area contributed by atoms with E-state index in [1.54, 1.807) is 0 Å². The van der Waals surface area contributed by atoms with Crippen LogP contribution in [0.4, 0.5) is 0 Å². The third-order valence-electron chi connectivity index (χ3n) is 4.49. The van der Waals surface area contributed by atoms with Crippen LogP contribution < -0.4 is 0 Å². The van der Waals surface area contributed by atoms with Crippen molar-refractivity contribution in [1.29, 1.82) is 5.41 Å². The maximum Gasteiger partial charge on any atom is 0.0989 e. The van der Waals surface area contributed by atoms with Gasteiger partial charge in [0, 0.05) is 19.0 Å². The Morgan fingerprint density at radius 3 is 1.94 bits per heavy atom. The first-order chi connectivity index (χ1) is 7.79. The number of rotatable bonds is 2. The summed E-state index contributed by atoms with van der Waals surface area (Å²) < 4.78 is 0. The average Bonchev–Trinajstić information content (AvgIpc) is 2.39. The summed E-state index contributed by atoms with van der Waals surface area (Å²) in [6.45, 7) is 0. The second-order valence-corrected chi connectivity index (χ2v) is 5.62. The van der Waals surface area contributed by atoms with Gasteiger partial charge in [-0.15, -0.1) is 0 Å². The Morgan fingerprint density at radius 2 is 1.38 bits per heavy atom. The molecule has 2 aliphatic rings. The quantitative estimate of drug-likeness (QED) is 0.558. The molecule has 2 aliphatic carbocycles. The maximum atomic E-state index is 8.35. The van der Waals surface area contributed by atoms with Crippen LogP contribution >= 0.6 is 0 Å². The fourth-order valence-corrected chi connectivity index (χ4v) is 3.33. The van der Waals surface area contributed by atoms with Crippen molar-refractivity contribution in [2.45, 2.75) is 70.3 Å². The molecule has 16 heavy (non-hydrogen) atoms. The van der Waals surface area contributed by atoms with Gasteiger partial charge in [-0.2, -0.15) is 0 Å². The molecule has 2 nitrogen and oxygen atoms in total. The molecule has 2 heteroatoms. The van der Waals surface area contributed by atoms with Crippen molar-refractivity contribution in [3.63, 3.8) is 0 Å². The molecule has 0 unspecified atom stereocenters. The lowest BCUT2D eigenvalue weighted by atomic mass is 9.86. The smallest absolute Gasteiger partial charge is 0.0989 e. The summed E-state index contributed by atoms with van der Waals surface area (Å²) in [5, 5.41) is 8.35. The molecule has 0 atom stereocenters. The van der Waals surface area contributed by atoms with Crippen LogP contribution in [0.5, 0.6) is 0 Å². The maximum absolute atomic E-state index is 8.35. The summed E-state index contributed by atoms with van der Waals surface area (Å²) in [7, 11) is 2.16. The highest BCUT2D eigenvalue weighted by molar-refractivity contribution is 5.81. The molecule has 0 radical (unpaired) electrons. The van der Waals surface area contributed by atoms with Gasteiger partial charge in [0.15, 0.2) is 0 Å². The number of hydrogen-bond donors (Lipinski definition) is 1. The first-order valence-electron chi connectivity index (χ1n) is 7.10. The van der Waals surface area contributed by atoms with Crippen LogP contribution in [-0.4, -0.2) is 23.8 Å². The Labute approximate surface area is 99.9 Å². The minimum absolute atomic E-state index is 0.570. The first kappa shape index (κ1) is 11.9. The van der Waals surface area contributed by atoms with E-state index in [1.165, 1.54) is 64.2 Å². The average molecular weight is 222 g/mol. The van der Waals surface area contributed by atoms with Crippen LogP contribution in [0.1, 0.15) is 64.2 Å². The van der Waals surface area contributed by atoms with Gasteiger partial charge in [-0.1, -0.05) is 38.5 Å². The number of amidine groups is 1. The Balaban J connectivity index is 1.86. The van der Waals surface area contributed by atoms with Crippen molar-refractivity contribution < 1.29 is 0 Å². The standard InChI is InChI=1S/C14H26N2/c1-16(13-10-6-3-7-11-13)14(15)12-8-4-2-5-9-12/h12-13,15H,2-11H2,1H3. The molecule has 1 N–H and O–H groups in total. The zero-order valence-electron chi connectivity index (χ0n) is 10.7. The van der Waals surface area contributed by atoms with E-state index in [0.29, 0.717) is 12.0 Å². The predicted molar refractivity (Wildman–Crippen MR) is 68.9 cm³/mol. The molecule has 2 fully saturated rings. The third kappa shape index (κ3) is 2.78. The second kappa shape index (κ2) is 5.70. The van der Waals surface area contributed by atoms with E-state index in [-0.39, 0.29) is 0 Å². The van der Waals surface area contributed by atoms with Crippen molar-refractivity contribution in [2.24, 2.45) is 5.92 Å². The molecular weight excluding hydrogens is 196 g/mol. The van der Waals surface area contributed by atoms with E-state index < -0.39 is 0 Å². The van der Waals surface area contributed by atoms with E-state index in [0.717, 1.165) is 5.84 Å². The lowest BCUT2D eigenvalue weighted by Gasteiger charge is -2.36. The lowest BCUT2D eigenvalue weighted by Crippen LogP contribution is -2.41. The first-order valence-corrected chi connectivity index (χ1v) is 7.10. The molecule has 0 saturated heterocycles. The summed E-state index contributed by atoms with van der Waals surface area (Å²) in [5.74, 6) is 1.51. The van der Waals surface area contributed by atoms with Gasteiger partial charge in [0.05, 0.1) is 5.84 Å². The van der Waals surface area contributed by atoms with Crippen molar-refractivity contribution in [1.82, 2.24) is 4.90 Å². The molecule has 0 bridgehead atoms. The van der Waals surface area contributed by atoms with Gasteiger partial charge in [0.25, 0.3) is 0 Å². The van der Waals surface area contributed by atoms with E-state index in [4.69, 9.17) is 5.41 Å². The fourth-order valence-electron chi connectivity index (χ4n) is 3.33. The fraction of sp³-hybridized carbons (Fsp3) is 0.929. The van der Waals surface area contributed by atoms with Gasteiger partial charge >= 0.3 is 0 Å². The minimum atomic E-state index is 0.570. The normalized spacial score (nSPS) is 24.3. The monoisotopic (exact) mass is 222 g/mol. The zero-order valence-corrected chi connectivity index (χ0v) is 10.7. The summed E-state index contributed by atoms with van der Waals surface area (Å²) in [4.78, 5) is 2.30. The SMILES string of the molecule is CN(C(=N)C1CCCCC1)C1CCCCC1. The topological polar surface area (TPSA) is 27.1 Å². The molecule has 0 aromatic carbocycles. The minimum Gasteiger partial charge on any atom is -0.360 e. The number of nitrogens with zero attached hydrogens (tertiary/aromatic N) is 1. The third-order valence-corrected chi connectivity index (χ3v) is 4.49. The molecule has 92 valence electrons. The molecule has 0 aromatic heterocycles. The van der Waals surface area contributed by atoms with Gasteiger partial charge in [0.1, 0.15) is 0 Å². The van der Waals surface area contributed by atoms with Gasteiger partial charge in [-0.3, -0.25) is 5.41 Å².